The fraction of sp³-hybridized carbons (Fsp3) is 0.441. The Morgan fingerprint density at radius 1 is 1.18 bits per heavy atom. The lowest BCUT2D eigenvalue weighted by atomic mass is 9.84. The summed E-state index contributed by atoms with van der Waals surface area (Å²) in [6.07, 6.45) is -0.653. The highest BCUT2D eigenvalue weighted by Gasteiger charge is 2.52. The van der Waals surface area contributed by atoms with E-state index in [0.717, 1.165) is 20.8 Å². The van der Waals surface area contributed by atoms with E-state index in [9.17, 15) is 14.4 Å². The molecule has 0 aliphatic carbocycles. The molecule has 1 fully saturated rings. The van der Waals surface area contributed by atoms with Crippen LogP contribution in [0.5, 0.6) is 11.5 Å². The highest BCUT2D eigenvalue weighted by Crippen LogP contribution is 2.43. The van der Waals surface area contributed by atoms with Gasteiger partial charge in [0, 0.05) is 34.0 Å². The molecule has 2 heterocycles. The van der Waals surface area contributed by atoms with Crippen molar-refractivity contribution in [3.8, 4) is 11.5 Å². The van der Waals surface area contributed by atoms with E-state index in [-0.39, 0.29) is 32.6 Å². The van der Waals surface area contributed by atoms with Crippen LogP contribution in [-0.4, -0.2) is 73.4 Å². The topological polar surface area (TPSA) is 107 Å². The molecule has 0 aromatic heterocycles. The molecule has 3 amide bonds. The van der Waals surface area contributed by atoms with Gasteiger partial charge < -0.3 is 29.2 Å². The summed E-state index contributed by atoms with van der Waals surface area (Å²) in [5.41, 5.74) is -1.02. The van der Waals surface area contributed by atoms with E-state index >= 15 is 0 Å². The number of carbonyl (C=O) groups excluding carboxylic acids is 3. The number of rotatable bonds is 6. The summed E-state index contributed by atoms with van der Waals surface area (Å²) in [4.78, 5) is 44.0. The Labute approximate surface area is 276 Å². The number of ether oxygens (including phenoxy) is 4. The van der Waals surface area contributed by atoms with E-state index in [1.165, 1.54) is 6.92 Å². The first-order valence-corrected chi connectivity index (χ1v) is 15.6. The molecule has 5 rings (SSSR count). The Balaban J connectivity index is 1.59. The largest absolute Gasteiger partial charge is 0.496 e. The molecule has 1 N–H and O–H groups in total. The summed E-state index contributed by atoms with van der Waals surface area (Å²) in [6.45, 7) is 3.66. The number of benzene rings is 3. The molecule has 0 bridgehead atoms. The molecule has 11 heteroatoms. The van der Waals surface area contributed by atoms with Gasteiger partial charge in [0.25, 0.3) is 5.91 Å². The van der Waals surface area contributed by atoms with Crippen molar-refractivity contribution in [2.24, 2.45) is 0 Å². The molecule has 2 aliphatic heterocycles. The number of hydrogen-bond donors (Lipinski definition) is 1. The van der Waals surface area contributed by atoms with Gasteiger partial charge in [-0.1, -0.05) is 40.2 Å². The van der Waals surface area contributed by atoms with Crippen LogP contribution < -0.4 is 19.7 Å². The minimum Gasteiger partial charge on any atom is -0.496 e. The Morgan fingerprint density at radius 3 is 2.60 bits per heavy atom. The number of methoxy groups -OCH3 is 1. The van der Waals surface area contributed by atoms with Gasteiger partial charge in [0.2, 0.25) is 5.91 Å². The summed E-state index contributed by atoms with van der Waals surface area (Å²) >= 11 is 3.53. The lowest BCUT2D eigenvalue weighted by Crippen LogP contribution is -2.65. The molecule has 240 valence electrons. The van der Waals surface area contributed by atoms with Crippen LogP contribution in [0.3, 0.4) is 0 Å². The Morgan fingerprint density at radius 2 is 1.91 bits per heavy atom. The number of halogens is 1. The third-order valence-electron chi connectivity index (χ3n) is 8.08. The van der Waals surface area contributed by atoms with Crippen molar-refractivity contribution in [1.82, 2.24) is 10.2 Å². The van der Waals surface area contributed by atoms with Gasteiger partial charge in [-0.25, -0.2) is 4.79 Å². The smallest absolute Gasteiger partial charge is 0.410 e. The highest BCUT2D eigenvalue weighted by atomic mass is 79.9. The molecule has 0 unspecified atom stereocenters. The lowest BCUT2D eigenvalue weighted by Gasteiger charge is -2.42. The minimum atomic E-state index is -3.01. The highest BCUT2D eigenvalue weighted by molar-refractivity contribution is 9.10. The van der Waals surface area contributed by atoms with Crippen LogP contribution in [0, 0.1) is 0 Å². The third kappa shape index (κ3) is 6.74. The maximum absolute atomic E-state index is 14.9. The van der Waals surface area contributed by atoms with Crippen LogP contribution in [0.1, 0.15) is 50.2 Å². The molecule has 45 heavy (non-hydrogen) atoms. The van der Waals surface area contributed by atoms with Gasteiger partial charge >= 0.3 is 6.09 Å². The predicted octanol–water partition coefficient (Wildman–Crippen LogP) is 5.83. The summed E-state index contributed by atoms with van der Waals surface area (Å²) in [6, 6.07) is 14.0. The molecule has 0 saturated carbocycles. The number of anilines is 1. The van der Waals surface area contributed by atoms with Crippen molar-refractivity contribution in [2.45, 2.75) is 70.4 Å². The number of carbonyl (C=O) groups is 3. The second-order valence-corrected chi connectivity index (χ2v) is 13.2. The average molecular weight is 686 g/mol. The van der Waals surface area contributed by atoms with Gasteiger partial charge in [-0.2, -0.15) is 0 Å². The zero-order valence-electron chi connectivity index (χ0n) is 29.0. The quantitative estimate of drug-likeness (QED) is 0.349. The van der Waals surface area contributed by atoms with Gasteiger partial charge in [0.15, 0.2) is 0 Å². The predicted molar refractivity (Wildman–Crippen MR) is 175 cm³/mol. The van der Waals surface area contributed by atoms with Crippen molar-refractivity contribution in [2.75, 3.05) is 32.2 Å². The summed E-state index contributed by atoms with van der Waals surface area (Å²) in [5.74, 6) is -0.321. The molecule has 0 radical (unpaired) electrons. The van der Waals surface area contributed by atoms with E-state index in [4.69, 9.17) is 23.1 Å². The summed E-state index contributed by atoms with van der Waals surface area (Å²) in [5, 5.41) is 4.61. The first kappa shape index (κ1) is 28.6. The van der Waals surface area contributed by atoms with Crippen molar-refractivity contribution in [3.63, 3.8) is 0 Å². The number of fused-ring (bicyclic) bond motifs is 2. The number of nitrogens with zero attached hydrogens (tertiary/aromatic N) is 2. The fourth-order valence-corrected chi connectivity index (χ4v) is 6.09. The molecule has 1 spiro atoms. The van der Waals surface area contributed by atoms with Crippen molar-refractivity contribution in [1.29, 1.82) is 0 Å². The molecular formula is C34H40BrN3O7. The van der Waals surface area contributed by atoms with Gasteiger partial charge in [-0.05, 0) is 68.8 Å². The average Bonchev–Trinajstić information content (AvgIpc) is 3.08. The van der Waals surface area contributed by atoms with E-state index in [1.807, 2.05) is 30.3 Å². The molecule has 3 aromatic rings. The molecular weight excluding hydrogens is 642 g/mol. The molecule has 3 aromatic carbocycles. The van der Waals surface area contributed by atoms with Gasteiger partial charge in [0.05, 0.1) is 32.6 Å². The van der Waals surface area contributed by atoms with Crippen LogP contribution >= 0.6 is 15.9 Å². The number of amides is 3. The zero-order chi connectivity index (χ0) is 35.0. The Hall–Kier alpha value is -3.83. The van der Waals surface area contributed by atoms with Crippen molar-refractivity contribution < 1.29 is 37.4 Å². The normalized spacial score (nSPS) is 19.7. The first-order chi connectivity index (χ1) is 22.5. The molecule has 2 aliphatic rings. The number of nitrogens with one attached hydrogen (secondary N) is 1. The molecule has 1 saturated heterocycles. The van der Waals surface area contributed by atoms with Crippen LogP contribution in [0.4, 0.5) is 10.5 Å². The number of hydrogen-bond acceptors (Lipinski definition) is 7. The third-order valence-corrected chi connectivity index (χ3v) is 8.57. The van der Waals surface area contributed by atoms with Crippen molar-refractivity contribution >= 4 is 50.3 Å². The van der Waals surface area contributed by atoms with Crippen LogP contribution in [0.15, 0.2) is 59.1 Å². The second-order valence-electron chi connectivity index (χ2n) is 12.3. The van der Waals surface area contributed by atoms with E-state index in [0.29, 0.717) is 22.1 Å². The Bertz CT molecular complexity index is 1710. The van der Waals surface area contributed by atoms with E-state index in [2.05, 4.69) is 21.2 Å². The second kappa shape index (κ2) is 12.9. The molecule has 2 atom stereocenters. The van der Waals surface area contributed by atoms with Crippen molar-refractivity contribution in [3.05, 3.63) is 64.6 Å². The van der Waals surface area contributed by atoms with Gasteiger partial charge in [-0.3, -0.25) is 14.5 Å². The first-order valence-electron chi connectivity index (χ1n) is 16.3. The van der Waals surface area contributed by atoms with Gasteiger partial charge in [0.1, 0.15) is 34.8 Å². The maximum atomic E-state index is 14.9. The summed E-state index contributed by atoms with van der Waals surface area (Å²) < 4.78 is 48.5. The van der Waals surface area contributed by atoms with Gasteiger partial charge in [-0.15, -0.1) is 0 Å². The minimum absolute atomic E-state index is 0.0646. The number of likely N-dealkylation sites (N-methyl/N-ethyl adjacent to an activating group) is 1. The SMILES string of the molecule is [2H]C([2H])([2H])N(C(=O)OC(C)(C)C)[C@@H](C)C(=O)N[C@@H]1C(=O)N(Cc2c(OC)ccc3cc(Br)ccc23)c2ccccc2OC12CCOCC2. The summed E-state index contributed by atoms with van der Waals surface area (Å²) in [7, 11) is 1.56. The Kier molecular flexibility index (Phi) is 8.20. The molecule has 10 nitrogen and oxygen atoms in total. The lowest BCUT2D eigenvalue weighted by molar-refractivity contribution is -0.139. The van der Waals surface area contributed by atoms with E-state index in [1.54, 1.807) is 57.0 Å². The van der Waals surface area contributed by atoms with Crippen LogP contribution in [0.25, 0.3) is 10.8 Å². The van der Waals surface area contributed by atoms with Crippen LogP contribution in [0.2, 0.25) is 0 Å². The van der Waals surface area contributed by atoms with E-state index < -0.39 is 48.2 Å². The van der Waals surface area contributed by atoms with Crippen LogP contribution in [-0.2, 0) is 25.6 Å². The standard InChI is InChI=1S/C34H40BrN3O7/c1-21(37(5)32(41)45-33(2,3)4)30(39)36-29-31(40)38(20-25-24-13-12-23(35)19-22(24)11-14-27(25)42-6)26-9-7-8-10-28(26)44-34(29)15-17-43-18-16-34/h7-14,19,21,29H,15-18,20H2,1-6H3,(H,36,39)/t21-,29+/m0/s1/i5D3. The number of para-hydroxylation sites is 2. The monoisotopic (exact) mass is 684 g/mol. The maximum Gasteiger partial charge on any atom is 0.410 e. The fourth-order valence-electron chi connectivity index (χ4n) is 5.71. The zero-order valence-corrected chi connectivity index (χ0v) is 27.6.